The van der Waals surface area contributed by atoms with Crippen LogP contribution in [0.5, 0.6) is 0 Å². The lowest BCUT2D eigenvalue weighted by Crippen LogP contribution is -2.43. The lowest BCUT2D eigenvalue weighted by molar-refractivity contribution is -0.110. The summed E-state index contributed by atoms with van der Waals surface area (Å²) < 4.78 is 37.7. The molecule has 4 rings (SSSR count). The number of ether oxygens (including phenoxy) is 2. The van der Waals surface area contributed by atoms with E-state index >= 15 is 0 Å². The molecule has 2 fully saturated rings. The largest absolute Gasteiger partial charge is 0.389 e. The molecule has 2 aromatic rings. The van der Waals surface area contributed by atoms with E-state index < -0.39 is 15.9 Å². The molecule has 0 aliphatic carbocycles. The van der Waals surface area contributed by atoms with Crippen LogP contribution in [0.1, 0.15) is 16.9 Å². The number of hydrogen-bond donors (Lipinski definition) is 2. The van der Waals surface area contributed by atoms with Gasteiger partial charge in [0, 0.05) is 69.4 Å². The third kappa shape index (κ3) is 8.02. The van der Waals surface area contributed by atoms with Crippen molar-refractivity contribution in [3.63, 3.8) is 0 Å². The Morgan fingerprint density at radius 2 is 2.00 bits per heavy atom. The number of aromatic nitrogens is 1. The van der Waals surface area contributed by atoms with E-state index in [1.807, 2.05) is 0 Å². The minimum absolute atomic E-state index is 0.0176. The number of benzene rings is 1. The molecule has 2 N–H and O–H groups in total. The molecule has 12 nitrogen and oxygen atoms in total. The highest BCUT2D eigenvalue weighted by Crippen LogP contribution is 2.21. The Morgan fingerprint density at radius 1 is 1.24 bits per heavy atom. The van der Waals surface area contributed by atoms with Crippen molar-refractivity contribution in [2.75, 3.05) is 72.0 Å². The van der Waals surface area contributed by atoms with Gasteiger partial charge < -0.3 is 19.2 Å². The van der Waals surface area contributed by atoms with E-state index in [0.717, 1.165) is 37.6 Å². The highest BCUT2D eigenvalue weighted by molar-refractivity contribution is 7.89. The molecule has 1 aromatic heterocycles. The molecule has 3 heterocycles. The van der Waals surface area contributed by atoms with E-state index in [9.17, 15) is 13.2 Å². The van der Waals surface area contributed by atoms with Crippen molar-refractivity contribution in [3.05, 3.63) is 40.9 Å². The van der Waals surface area contributed by atoms with Gasteiger partial charge in [0.25, 0.3) is 5.91 Å². The number of nitrogens with one attached hydrogen (secondary N) is 2. The highest BCUT2D eigenvalue weighted by atomic mass is 32.2. The number of amides is 1. The number of hydrogen-bond acceptors (Lipinski definition) is 11. The molecule has 38 heavy (non-hydrogen) atoms. The van der Waals surface area contributed by atoms with Gasteiger partial charge in [-0.25, -0.2) is 18.1 Å². The van der Waals surface area contributed by atoms with E-state index in [1.165, 1.54) is 42.7 Å². The van der Waals surface area contributed by atoms with Gasteiger partial charge >= 0.3 is 0 Å². The second kappa shape index (κ2) is 13.6. The zero-order valence-corrected chi connectivity index (χ0v) is 23.2. The number of piperazine rings is 1. The third-order valence-corrected chi connectivity index (χ3v) is 8.56. The molecule has 208 valence electrons. The lowest BCUT2D eigenvalue weighted by atomic mass is 10.1. The molecule has 0 saturated carbocycles. The van der Waals surface area contributed by atoms with Crippen LogP contribution in [0.4, 0.5) is 5.13 Å². The fourth-order valence-electron chi connectivity index (χ4n) is 3.92. The van der Waals surface area contributed by atoms with Gasteiger partial charge in [-0.15, -0.1) is 11.3 Å². The van der Waals surface area contributed by atoms with Gasteiger partial charge in [0.05, 0.1) is 24.7 Å². The standard InChI is InChI=1S/C24H34N6O6S2/c1-29-9-11-30(12-10-29)16-20-15-25-24(37-20)27-23(31)22(28-36-19-7-13-35-17-19)18-3-5-21(6-4-18)38(32,33)26-8-14-34-2/h3-6,15,19,26H,7-14,16-17H2,1-2H3,(H,25,27,31)/t19-/m1/s1. The van der Waals surface area contributed by atoms with Crippen molar-refractivity contribution < 1.29 is 27.5 Å². The van der Waals surface area contributed by atoms with Gasteiger partial charge in [0.15, 0.2) is 16.9 Å². The molecule has 1 amide bonds. The van der Waals surface area contributed by atoms with Crippen LogP contribution in [0.2, 0.25) is 0 Å². The number of nitrogens with zero attached hydrogens (tertiary/aromatic N) is 4. The summed E-state index contributed by atoms with van der Waals surface area (Å²) in [4.78, 5) is 29.0. The third-order valence-electron chi connectivity index (χ3n) is 6.18. The average molecular weight is 567 g/mol. The van der Waals surface area contributed by atoms with E-state index in [-0.39, 0.29) is 29.9 Å². The van der Waals surface area contributed by atoms with Crippen molar-refractivity contribution in [1.29, 1.82) is 0 Å². The minimum Gasteiger partial charge on any atom is -0.389 e. The van der Waals surface area contributed by atoms with Gasteiger partial charge in [-0.2, -0.15) is 0 Å². The normalized spacial score (nSPS) is 19.5. The molecule has 2 aliphatic heterocycles. The highest BCUT2D eigenvalue weighted by Gasteiger charge is 2.23. The van der Waals surface area contributed by atoms with Crippen LogP contribution in [-0.4, -0.2) is 108 Å². The van der Waals surface area contributed by atoms with Gasteiger partial charge in [0.1, 0.15) is 0 Å². The molecule has 1 aromatic carbocycles. The number of carbonyl (C=O) groups excluding carboxylic acids is 1. The van der Waals surface area contributed by atoms with E-state index in [4.69, 9.17) is 14.3 Å². The summed E-state index contributed by atoms with van der Waals surface area (Å²) in [5.74, 6) is -0.502. The first-order valence-electron chi connectivity index (χ1n) is 12.4. The number of oxime groups is 1. The lowest BCUT2D eigenvalue weighted by Gasteiger charge is -2.31. The van der Waals surface area contributed by atoms with Crippen molar-refractivity contribution in [3.8, 4) is 0 Å². The Labute approximate surface area is 227 Å². The minimum atomic E-state index is -3.71. The number of rotatable bonds is 12. The second-order valence-corrected chi connectivity index (χ2v) is 12.0. The van der Waals surface area contributed by atoms with E-state index in [1.54, 1.807) is 6.20 Å². The fraction of sp³-hybridized carbons (Fsp3) is 0.542. The fourth-order valence-corrected chi connectivity index (χ4v) is 5.79. The molecule has 14 heteroatoms. The van der Waals surface area contributed by atoms with Crippen LogP contribution < -0.4 is 10.0 Å². The van der Waals surface area contributed by atoms with Crippen LogP contribution in [0.25, 0.3) is 0 Å². The van der Waals surface area contributed by atoms with Crippen LogP contribution in [0, 0.1) is 0 Å². The smallest absolute Gasteiger partial charge is 0.280 e. The Morgan fingerprint density at radius 3 is 2.68 bits per heavy atom. The average Bonchev–Trinajstić information content (AvgIpc) is 3.58. The first-order valence-corrected chi connectivity index (χ1v) is 14.7. The van der Waals surface area contributed by atoms with Crippen molar-refractivity contribution in [1.82, 2.24) is 19.5 Å². The van der Waals surface area contributed by atoms with Crippen LogP contribution >= 0.6 is 11.3 Å². The van der Waals surface area contributed by atoms with Gasteiger partial charge in [-0.05, 0) is 19.2 Å². The number of anilines is 1. The first kappa shape index (κ1) is 28.5. The number of thiazole rings is 1. The van der Waals surface area contributed by atoms with Gasteiger partial charge in [-0.3, -0.25) is 15.0 Å². The Kier molecular flexibility index (Phi) is 10.2. The number of sulfonamides is 1. The van der Waals surface area contributed by atoms with Crippen LogP contribution in [0.3, 0.4) is 0 Å². The molecule has 2 saturated heterocycles. The van der Waals surface area contributed by atoms with Crippen LogP contribution in [-0.2, 0) is 35.7 Å². The Hall–Kier alpha value is -2.46. The molecule has 0 spiro atoms. The zero-order chi connectivity index (χ0) is 27.0. The molecule has 0 bridgehead atoms. The predicted molar refractivity (Wildman–Crippen MR) is 144 cm³/mol. The maximum Gasteiger partial charge on any atom is 0.280 e. The summed E-state index contributed by atoms with van der Waals surface area (Å²) in [7, 11) is -0.102. The molecular formula is C24H34N6O6S2. The van der Waals surface area contributed by atoms with Gasteiger partial charge in [-0.1, -0.05) is 17.3 Å². The number of methoxy groups -OCH3 is 1. The number of likely N-dealkylation sites (N-methyl/N-ethyl adjacent to an activating group) is 1. The van der Waals surface area contributed by atoms with Crippen molar-refractivity contribution in [2.45, 2.75) is 24.0 Å². The summed E-state index contributed by atoms with van der Waals surface area (Å²) in [5, 5.41) is 7.41. The summed E-state index contributed by atoms with van der Waals surface area (Å²) in [5.41, 5.74) is 0.426. The monoisotopic (exact) mass is 566 g/mol. The first-order chi connectivity index (χ1) is 18.3. The molecule has 1 atom stereocenters. The summed E-state index contributed by atoms with van der Waals surface area (Å²) in [6.45, 7) is 6.18. The second-order valence-electron chi connectivity index (χ2n) is 9.11. The molecule has 0 radical (unpaired) electrons. The van der Waals surface area contributed by atoms with E-state index in [2.05, 4.69) is 37.0 Å². The SMILES string of the molecule is COCCNS(=O)(=O)c1ccc(C(=NO[C@@H]2CCOC2)C(=O)Nc2ncc(CN3CCN(C)CC3)s2)cc1. The molecule has 0 unspecified atom stereocenters. The molecular weight excluding hydrogens is 532 g/mol. The van der Waals surface area contributed by atoms with E-state index in [0.29, 0.717) is 30.3 Å². The predicted octanol–water partition coefficient (Wildman–Crippen LogP) is 0.964. The van der Waals surface area contributed by atoms with Crippen molar-refractivity contribution in [2.24, 2.45) is 5.16 Å². The topological polar surface area (TPSA) is 135 Å². The van der Waals surface area contributed by atoms with Gasteiger partial charge in [0.2, 0.25) is 10.0 Å². The van der Waals surface area contributed by atoms with Crippen molar-refractivity contribution >= 4 is 38.1 Å². The Bertz CT molecular complexity index is 1190. The summed E-state index contributed by atoms with van der Waals surface area (Å²) in [6, 6.07) is 5.89. The summed E-state index contributed by atoms with van der Waals surface area (Å²) >= 11 is 1.41. The quantitative estimate of drug-likeness (QED) is 0.219. The maximum absolute atomic E-state index is 13.3. The Balaban J connectivity index is 1.46. The summed E-state index contributed by atoms with van der Waals surface area (Å²) in [6.07, 6.45) is 2.19. The molecule has 2 aliphatic rings. The zero-order valence-electron chi connectivity index (χ0n) is 21.6. The maximum atomic E-state index is 13.3. The number of carbonyl (C=O) groups is 1. The van der Waals surface area contributed by atoms with Crippen LogP contribution in [0.15, 0.2) is 40.5 Å².